The van der Waals surface area contributed by atoms with Gasteiger partial charge in [0.25, 0.3) is 0 Å². The van der Waals surface area contributed by atoms with Crippen molar-refractivity contribution >= 4 is 22.6 Å². The number of alkyl halides is 3. The molecule has 0 aliphatic heterocycles. The summed E-state index contributed by atoms with van der Waals surface area (Å²) >= 11 is 0. The summed E-state index contributed by atoms with van der Waals surface area (Å²) in [4.78, 5) is 14.4. The van der Waals surface area contributed by atoms with Crippen LogP contribution in [0.15, 0.2) is 36.4 Å². The number of aryl methyl sites for hydroxylation is 1. The summed E-state index contributed by atoms with van der Waals surface area (Å²) in [6, 6.07) is 9.15. The van der Waals surface area contributed by atoms with Crippen LogP contribution in [0.4, 0.5) is 18.9 Å². The third kappa shape index (κ3) is 3.74. The van der Waals surface area contributed by atoms with Crippen LogP contribution in [0.5, 0.6) is 5.75 Å². The largest absolute Gasteiger partial charge is 0.489 e. The summed E-state index contributed by atoms with van der Waals surface area (Å²) in [6.07, 6.45) is -2.87. The number of carboxylic acids is 1. The Morgan fingerprint density at radius 1 is 1.24 bits per heavy atom. The molecule has 1 aliphatic carbocycles. The maximum Gasteiger partial charge on any atom is 0.418 e. The average molecular weight is 404 g/mol. The highest BCUT2D eigenvalue weighted by Gasteiger charge is 2.33. The molecule has 1 aromatic heterocycles. The molecule has 0 spiro atoms. The van der Waals surface area contributed by atoms with Crippen LogP contribution in [-0.2, 0) is 24.0 Å². The fraction of sp³-hybridized carbons (Fsp3) is 0.286. The van der Waals surface area contributed by atoms with Crippen LogP contribution in [0.3, 0.4) is 0 Å². The first-order valence-corrected chi connectivity index (χ1v) is 9.17. The van der Waals surface area contributed by atoms with Gasteiger partial charge in [-0.3, -0.25) is 4.79 Å². The van der Waals surface area contributed by atoms with Crippen LogP contribution in [0.25, 0.3) is 10.9 Å². The van der Waals surface area contributed by atoms with E-state index in [1.165, 1.54) is 12.1 Å². The van der Waals surface area contributed by atoms with Crippen LogP contribution in [0.1, 0.15) is 41.1 Å². The van der Waals surface area contributed by atoms with Crippen molar-refractivity contribution < 1.29 is 27.8 Å². The van der Waals surface area contributed by atoms with E-state index in [1.807, 2.05) is 12.1 Å². The number of benzene rings is 2. The zero-order valence-electron chi connectivity index (χ0n) is 15.3. The van der Waals surface area contributed by atoms with Gasteiger partial charge in [-0.25, -0.2) is 0 Å². The lowest BCUT2D eigenvalue weighted by molar-refractivity contribution is -0.138. The number of fused-ring (bicyclic) bond motifs is 3. The van der Waals surface area contributed by atoms with Crippen molar-refractivity contribution in [2.75, 3.05) is 5.73 Å². The summed E-state index contributed by atoms with van der Waals surface area (Å²) < 4.78 is 44.7. The molecule has 0 amide bonds. The number of ether oxygens (including phenoxy) is 1. The van der Waals surface area contributed by atoms with Crippen molar-refractivity contribution in [1.29, 1.82) is 0 Å². The molecule has 1 unspecified atom stereocenters. The van der Waals surface area contributed by atoms with Gasteiger partial charge >= 0.3 is 12.1 Å². The van der Waals surface area contributed by atoms with Crippen molar-refractivity contribution in [2.24, 2.45) is 0 Å². The molecule has 3 aromatic rings. The number of halogens is 3. The average Bonchev–Trinajstić information content (AvgIpc) is 3.19. The third-order valence-corrected chi connectivity index (χ3v) is 5.31. The normalized spacial score (nSPS) is 16.2. The predicted molar refractivity (Wildman–Crippen MR) is 102 cm³/mol. The van der Waals surface area contributed by atoms with E-state index in [0.29, 0.717) is 11.3 Å². The van der Waals surface area contributed by atoms with Crippen molar-refractivity contribution in [2.45, 2.75) is 38.0 Å². The minimum absolute atomic E-state index is 0.0247. The Kier molecular flexibility index (Phi) is 4.64. The molecule has 0 fully saturated rings. The number of aromatic nitrogens is 1. The van der Waals surface area contributed by atoms with Gasteiger partial charge in [0.1, 0.15) is 12.4 Å². The number of nitrogen functional groups attached to an aromatic ring is 1. The number of aromatic amines is 1. The Morgan fingerprint density at radius 2 is 2.03 bits per heavy atom. The van der Waals surface area contributed by atoms with Crippen molar-refractivity contribution in [3.05, 3.63) is 58.8 Å². The number of H-pyrrole nitrogens is 1. The molecule has 1 aliphatic rings. The maximum absolute atomic E-state index is 13.0. The highest BCUT2D eigenvalue weighted by Crippen LogP contribution is 2.40. The van der Waals surface area contributed by atoms with Crippen LogP contribution in [-0.4, -0.2) is 16.1 Å². The van der Waals surface area contributed by atoms with Gasteiger partial charge in [0.2, 0.25) is 0 Å². The number of nitrogens with two attached hydrogens (primary N) is 1. The van der Waals surface area contributed by atoms with Crippen molar-refractivity contribution in [1.82, 2.24) is 4.98 Å². The Balaban J connectivity index is 1.55. The third-order valence-electron chi connectivity index (χ3n) is 5.31. The number of aliphatic carboxylic acids is 1. The number of carboxylic acid groups (broad SMARTS) is 1. The molecular weight excluding hydrogens is 385 g/mol. The topological polar surface area (TPSA) is 88.3 Å². The fourth-order valence-electron chi connectivity index (χ4n) is 3.94. The molecule has 152 valence electrons. The van der Waals surface area contributed by atoms with E-state index in [4.69, 9.17) is 15.6 Å². The molecule has 0 saturated heterocycles. The summed E-state index contributed by atoms with van der Waals surface area (Å²) in [5.74, 6) is -0.326. The van der Waals surface area contributed by atoms with E-state index in [2.05, 4.69) is 4.98 Å². The Hall–Kier alpha value is -3.16. The van der Waals surface area contributed by atoms with Crippen LogP contribution >= 0.6 is 0 Å². The van der Waals surface area contributed by atoms with Crippen LogP contribution in [0.2, 0.25) is 0 Å². The molecule has 0 radical (unpaired) electrons. The second kappa shape index (κ2) is 7.02. The van der Waals surface area contributed by atoms with Gasteiger partial charge in [-0.05, 0) is 54.3 Å². The van der Waals surface area contributed by atoms with E-state index in [-0.39, 0.29) is 24.6 Å². The van der Waals surface area contributed by atoms with E-state index in [9.17, 15) is 18.0 Å². The van der Waals surface area contributed by atoms with Crippen LogP contribution in [0, 0.1) is 0 Å². The summed E-state index contributed by atoms with van der Waals surface area (Å²) in [7, 11) is 0. The molecule has 8 heteroatoms. The lowest BCUT2D eigenvalue weighted by atomic mass is 10.0. The van der Waals surface area contributed by atoms with Gasteiger partial charge in [-0.15, -0.1) is 0 Å². The first kappa shape index (κ1) is 19.2. The summed E-state index contributed by atoms with van der Waals surface area (Å²) in [5.41, 5.74) is 7.53. The number of hydrogen-bond donors (Lipinski definition) is 3. The highest BCUT2D eigenvalue weighted by molar-refractivity contribution is 5.87. The molecule has 29 heavy (non-hydrogen) atoms. The smallest absolute Gasteiger partial charge is 0.418 e. The first-order chi connectivity index (χ1) is 13.7. The molecule has 1 heterocycles. The zero-order valence-corrected chi connectivity index (χ0v) is 15.3. The zero-order chi connectivity index (χ0) is 20.8. The molecule has 2 aromatic carbocycles. The van der Waals surface area contributed by atoms with E-state index >= 15 is 0 Å². The SMILES string of the molecule is Nc1ccc(COc2ccc3[nH]c4c(c3c2)CCC4CC(=O)O)cc1C(F)(F)F. The Morgan fingerprint density at radius 3 is 2.76 bits per heavy atom. The second-order valence-corrected chi connectivity index (χ2v) is 7.27. The van der Waals surface area contributed by atoms with E-state index < -0.39 is 17.7 Å². The van der Waals surface area contributed by atoms with Gasteiger partial charge in [-0.2, -0.15) is 13.2 Å². The number of carbonyl (C=O) groups is 1. The molecule has 4 N–H and O–H groups in total. The number of anilines is 1. The molecule has 0 bridgehead atoms. The highest BCUT2D eigenvalue weighted by atomic mass is 19.4. The monoisotopic (exact) mass is 404 g/mol. The maximum atomic E-state index is 13.0. The number of hydrogen-bond acceptors (Lipinski definition) is 3. The Bertz CT molecular complexity index is 1090. The van der Waals surface area contributed by atoms with Crippen molar-refractivity contribution in [3.63, 3.8) is 0 Å². The fourth-order valence-corrected chi connectivity index (χ4v) is 3.94. The molecule has 4 rings (SSSR count). The molecule has 1 atom stereocenters. The van der Waals surface area contributed by atoms with Crippen LogP contribution < -0.4 is 10.5 Å². The number of nitrogens with one attached hydrogen (secondary N) is 1. The quantitative estimate of drug-likeness (QED) is 0.531. The van der Waals surface area contributed by atoms with Gasteiger partial charge in [0, 0.05) is 28.2 Å². The minimum atomic E-state index is -4.52. The van der Waals surface area contributed by atoms with Crippen molar-refractivity contribution in [3.8, 4) is 5.75 Å². The Labute approximate surface area is 164 Å². The molecule has 5 nitrogen and oxygen atoms in total. The van der Waals surface area contributed by atoms with E-state index in [1.54, 1.807) is 6.07 Å². The first-order valence-electron chi connectivity index (χ1n) is 9.17. The summed E-state index contributed by atoms with van der Waals surface area (Å²) in [5, 5.41) is 10.0. The predicted octanol–water partition coefficient (Wildman–Crippen LogP) is 4.85. The lowest BCUT2D eigenvalue weighted by Gasteiger charge is -2.12. The molecular formula is C21H19F3N2O3. The minimum Gasteiger partial charge on any atom is -0.489 e. The molecule has 0 saturated carbocycles. The lowest BCUT2D eigenvalue weighted by Crippen LogP contribution is -2.10. The van der Waals surface area contributed by atoms with Gasteiger partial charge in [-0.1, -0.05) is 6.07 Å². The van der Waals surface area contributed by atoms with Gasteiger partial charge in [0.05, 0.1) is 12.0 Å². The van der Waals surface area contributed by atoms with Gasteiger partial charge < -0.3 is 20.6 Å². The number of rotatable bonds is 5. The second-order valence-electron chi connectivity index (χ2n) is 7.27. The van der Waals surface area contributed by atoms with E-state index in [0.717, 1.165) is 41.1 Å². The standard InChI is InChI=1S/C21H19F3N2O3/c22-21(23,24)16-7-11(1-5-17(16)25)10-29-13-3-6-18-15(9-13)14-4-2-12(8-19(27)28)20(14)26-18/h1,3,5-7,9,12,26H,2,4,8,10,25H2,(H,27,28). The van der Waals surface area contributed by atoms with Gasteiger partial charge in [0.15, 0.2) is 0 Å². The summed E-state index contributed by atoms with van der Waals surface area (Å²) in [6.45, 7) is -0.0247.